The summed E-state index contributed by atoms with van der Waals surface area (Å²) < 4.78 is 5.49. The number of aromatic nitrogens is 2. The van der Waals surface area contributed by atoms with E-state index in [0.717, 1.165) is 37.6 Å². The summed E-state index contributed by atoms with van der Waals surface area (Å²) in [5, 5.41) is 3.72. The minimum atomic E-state index is 0.499. The van der Waals surface area contributed by atoms with Gasteiger partial charge in [-0.05, 0) is 19.3 Å². The summed E-state index contributed by atoms with van der Waals surface area (Å²) in [4.78, 5) is 8.04. The van der Waals surface area contributed by atoms with Gasteiger partial charge in [-0.1, -0.05) is 25.4 Å². The maximum absolute atomic E-state index is 5.90. The fourth-order valence-corrected chi connectivity index (χ4v) is 1.44. The van der Waals surface area contributed by atoms with E-state index in [9.17, 15) is 0 Å². The molecule has 4 nitrogen and oxygen atoms in total. The maximum Gasteiger partial charge on any atom is 0.137 e. The molecule has 0 atom stereocenters. The van der Waals surface area contributed by atoms with Crippen molar-refractivity contribution >= 4 is 17.4 Å². The van der Waals surface area contributed by atoms with Gasteiger partial charge in [-0.15, -0.1) is 0 Å². The Labute approximate surface area is 108 Å². The van der Waals surface area contributed by atoms with E-state index in [1.807, 2.05) is 6.92 Å². The number of hydrogen-bond donors (Lipinski definition) is 1. The lowest BCUT2D eigenvalue weighted by Gasteiger charge is -2.09. The highest BCUT2D eigenvalue weighted by atomic mass is 35.5. The summed E-state index contributed by atoms with van der Waals surface area (Å²) >= 11 is 5.90. The zero-order valence-electron chi connectivity index (χ0n) is 10.7. The molecule has 0 spiro atoms. The third kappa shape index (κ3) is 5.33. The van der Waals surface area contributed by atoms with E-state index >= 15 is 0 Å². The molecule has 0 aliphatic rings. The average Bonchev–Trinajstić information content (AvgIpc) is 2.28. The number of rotatable bonds is 7. The lowest BCUT2D eigenvalue weighted by Crippen LogP contribution is -2.10. The Bertz CT molecular complexity index is 345. The molecule has 0 saturated heterocycles. The number of nitrogens with one attached hydrogen (secondary N) is 1. The van der Waals surface area contributed by atoms with Gasteiger partial charge in [0.2, 0.25) is 0 Å². The molecule has 0 aliphatic carbocycles. The minimum absolute atomic E-state index is 0.499. The molecule has 1 aromatic heterocycles. The lowest BCUT2D eigenvalue weighted by atomic mass is 10.2. The zero-order valence-corrected chi connectivity index (χ0v) is 11.4. The van der Waals surface area contributed by atoms with Crippen molar-refractivity contribution in [3.8, 4) is 0 Å². The highest BCUT2D eigenvalue weighted by Crippen LogP contribution is 2.17. The third-order valence-corrected chi connectivity index (χ3v) is 2.61. The molecule has 17 heavy (non-hydrogen) atoms. The molecular formula is C12H20ClN3O. The first-order chi connectivity index (χ1) is 8.11. The first kappa shape index (κ1) is 14.2. The van der Waals surface area contributed by atoms with Gasteiger partial charge < -0.3 is 10.1 Å². The smallest absolute Gasteiger partial charge is 0.137 e. The summed E-state index contributed by atoms with van der Waals surface area (Å²) in [6.07, 6.45) is 2.42. The van der Waals surface area contributed by atoms with Crippen LogP contribution in [-0.4, -0.2) is 29.7 Å². The van der Waals surface area contributed by atoms with E-state index in [-0.39, 0.29) is 0 Å². The van der Waals surface area contributed by atoms with E-state index in [1.54, 1.807) is 0 Å². The number of anilines is 1. The summed E-state index contributed by atoms with van der Waals surface area (Å²) in [6.45, 7) is 8.60. The summed E-state index contributed by atoms with van der Waals surface area (Å²) in [5.74, 6) is 1.39. The predicted molar refractivity (Wildman–Crippen MR) is 70.5 cm³/mol. The van der Waals surface area contributed by atoms with E-state index in [2.05, 4.69) is 29.1 Å². The highest BCUT2D eigenvalue weighted by molar-refractivity contribution is 6.30. The van der Waals surface area contributed by atoms with Gasteiger partial charge >= 0.3 is 0 Å². The van der Waals surface area contributed by atoms with Crippen molar-refractivity contribution in [1.29, 1.82) is 0 Å². The average molecular weight is 258 g/mol. The molecule has 1 rings (SSSR count). The Hall–Kier alpha value is -0.870. The van der Waals surface area contributed by atoms with Crippen molar-refractivity contribution in [3.05, 3.63) is 17.0 Å². The van der Waals surface area contributed by atoms with Crippen molar-refractivity contribution in [2.45, 2.75) is 27.2 Å². The molecule has 1 heterocycles. The molecule has 5 heteroatoms. The molecule has 96 valence electrons. The van der Waals surface area contributed by atoms with E-state index < -0.39 is 0 Å². The molecule has 0 aliphatic heterocycles. The predicted octanol–water partition coefficient (Wildman–Crippen LogP) is 2.91. The van der Waals surface area contributed by atoms with Crippen molar-refractivity contribution in [3.63, 3.8) is 0 Å². The Balaban J connectivity index is 2.20. The van der Waals surface area contributed by atoms with Crippen molar-refractivity contribution < 1.29 is 4.74 Å². The zero-order chi connectivity index (χ0) is 12.7. The highest BCUT2D eigenvalue weighted by Gasteiger charge is 2.03. The molecular weight excluding hydrogens is 238 g/mol. The van der Waals surface area contributed by atoms with Crippen LogP contribution in [-0.2, 0) is 4.74 Å². The lowest BCUT2D eigenvalue weighted by molar-refractivity contribution is 0.110. The molecule has 0 bridgehead atoms. The van der Waals surface area contributed by atoms with E-state index in [1.165, 1.54) is 6.33 Å². The van der Waals surface area contributed by atoms with Crippen molar-refractivity contribution in [2.75, 3.05) is 25.1 Å². The second-order valence-electron chi connectivity index (χ2n) is 4.39. The van der Waals surface area contributed by atoms with Crippen LogP contribution >= 0.6 is 11.6 Å². The monoisotopic (exact) mass is 257 g/mol. The number of nitrogens with zero attached hydrogens (tertiary/aromatic N) is 2. The standard InChI is InChI=1S/C12H20ClN3O/c1-9(2)7-17-6-4-5-14-12-10(3)11(13)15-8-16-12/h8-9H,4-7H2,1-3H3,(H,14,15,16). The summed E-state index contributed by atoms with van der Waals surface area (Å²) in [6, 6.07) is 0. The number of ether oxygens (including phenoxy) is 1. The second kappa shape index (κ2) is 7.45. The van der Waals surface area contributed by atoms with Crippen molar-refractivity contribution in [1.82, 2.24) is 9.97 Å². The molecule has 0 saturated carbocycles. The van der Waals surface area contributed by atoms with Gasteiger partial charge in [0, 0.05) is 25.3 Å². The number of halogens is 1. The van der Waals surface area contributed by atoms with Gasteiger partial charge in [0.05, 0.1) is 0 Å². The third-order valence-electron chi connectivity index (χ3n) is 2.23. The van der Waals surface area contributed by atoms with Gasteiger partial charge in [-0.3, -0.25) is 0 Å². The molecule has 0 amide bonds. The van der Waals surface area contributed by atoms with Crippen LogP contribution in [0.2, 0.25) is 5.15 Å². The fraction of sp³-hybridized carbons (Fsp3) is 0.667. The van der Waals surface area contributed by atoms with E-state index in [4.69, 9.17) is 16.3 Å². The molecule has 1 N–H and O–H groups in total. The minimum Gasteiger partial charge on any atom is -0.381 e. The first-order valence-corrected chi connectivity index (χ1v) is 6.27. The molecule has 0 aromatic carbocycles. The van der Waals surface area contributed by atoms with Crippen LogP contribution in [0.25, 0.3) is 0 Å². The number of hydrogen-bond acceptors (Lipinski definition) is 4. The van der Waals surface area contributed by atoms with Crippen LogP contribution in [0.4, 0.5) is 5.82 Å². The first-order valence-electron chi connectivity index (χ1n) is 5.90. The van der Waals surface area contributed by atoms with Crippen LogP contribution in [0.1, 0.15) is 25.8 Å². The molecule has 0 radical (unpaired) electrons. The molecule has 0 fully saturated rings. The van der Waals surface area contributed by atoms with Crippen LogP contribution in [0.5, 0.6) is 0 Å². The maximum atomic E-state index is 5.90. The van der Waals surface area contributed by atoms with Crippen LogP contribution in [0.15, 0.2) is 6.33 Å². The van der Waals surface area contributed by atoms with Gasteiger partial charge in [-0.2, -0.15) is 0 Å². The van der Waals surface area contributed by atoms with E-state index in [0.29, 0.717) is 11.1 Å². The van der Waals surface area contributed by atoms with Crippen LogP contribution in [0, 0.1) is 12.8 Å². The van der Waals surface area contributed by atoms with Crippen LogP contribution in [0.3, 0.4) is 0 Å². The molecule has 0 unspecified atom stereocenters. The van der Waals surface area contributed by atoms with Gasteiger partial charge in [-0.25, -0.2) is 9.97 Å². The summed E-state index contributed by atoms with van der Waals surface area (Å²) in [5.41, 5.74) is 0.886. The summed E-state index contributed by atoms with van der Waals surface area (Å²) in [7, 11) is 0. The fourth-order valence-electron chi connectivity index (χ4n) is 1.31. The Morgan fingerprint density at radius 3 is 2.88 bits per heavy atom. The largest absolute Gasteiger partial charge is 0.381 e. The second-order valence-corrected chi connectivity index (χ2v) is 4.75. The normalized spacial score (nSPS) is 10.9. The van der Waals surface area contributed by atoms with Gasteiger partial charge in [0.15, 0.2) is 0 Å². The van der Waals surface area contributed by atoms with Gasteiger partial charge in [0.1, 0.15) is 17.3 Å². The van der Waals surface area contributed by atoms with Gasteiger partial charge in [0.25, 0.3) is 0 Å². The topological polar surface area (TPSA) is 47.0 Å². The Morgan fingerprint density at radius 2 is 2.18 bits per heavy atom. The quantitative estimate of drug-likeness (QED) is 0.603. The Kier molecular flexibility index (Phi) is 6.22. The van der Waals surface area contributed by atoms with Crippen molar-refractivity contribution in [2.24, 2.45) is 5.92 Å². The Morgan fingerprint density at radius 1 is 1.41 bits per heavy atom. The SMILES string of the molecule is Cc1c(Cl)ncnc1NCCCOCC(C)C. The molecule has 1 aromatic rings. The van der Waals surface area contributed by atoms with Crippen LogP contribution < -0.4 is 5.32 Å².